The first kappa shape index (κ1) is 10.6. The van der Waals surface area contributed by atoms with E-state index in [4.69, 9.17) is 23.2 Å². The molecule has 1 rings (SSSR count). The normalized spacial score (nSPS) is 12.0. The Morgan fingerprint density at radius 1 is 1.58 bits per heavy atom. The van der Waals surface area contributed by atoms with Gasteiger partial charge in [0.05, 0.1) is 0 Å². The average Bonchev–Trinajstić information content (AvgIpc) is 2.30. The van der Waals surface area contributed by atoms with Gasteiger partial charge in [-0.25, -0.2) is 0 Å². The Morgan fingerprint density at radius 2 is 2.25 bits per heavy atom. The smallest absolute Gasteiger partial charge is 0.198 e. The van der Waals surface area contributed by atoms with Crippen LogP contribution in [0.15, 0.2) is 4.34 Å². The fourth-order valence-electron chi connectivity index (χ4n) is 0.485. The number of halogens is 2. The Bertz CT molecular complexity index is 256. The van der Waals surface area contributed by atoms with Gasteiger partial charge in [0.25, 0.3) is 0 Å². The lowest BCUT2D eigenvalue weighted by atomic mass is 10.3. The van der Waals surface area contributed by atoms with Crippen molar-refractivity contribution in [3.8, 4) is 0 Å². The summed E-state index contributed by atoms with van der Waals surface area (Å²) in [4.78, 5) is 3.79. The summed E-state index contributed by atoms with van der Waals surface area (Å²) < 4.78 is 4.72. The molecule has 68 valence electrons. The van der Waals surface area contributed by atoms with Crippen LogP contribution in [0.2, 0.25) is 5.28 Å². The highest BCUT2D eigenvalue weighted by molar-refractivity contribution is 8.01. The second-order valence-corrected chi connectivity index (χ2v) is 6.17. The standard InChI is InChI=1S/C6H8Cl2N2S2/c1-6(2,8)3-11-5-9-4(7)10-12-5/h3H2,1-2H3. The zero-order valence-corrected chi connectivity index (χ0v) is 9.82. The van der Waals surface area contributed by atoms with Crippen LogP contribution in [0.25, 0.3) is 0 Å². The summed E-state index contributed by atoms with van der Waals surface area (Å²) in [6.45, 7) is 3.92. The van der Waals surface area contributed by atoms with Gasteiger partial charge >= 0.3 is 0 Å². The molecule has 0 spiro atoms. The van der Waals surface area contributed by atoms with Crippen LogP contribution in [-0.4, -0.2) is 20.0 Å². The van der Waals surface area contributed by atoms with Crippen LogP contribution in [0.3, 0.4) is 0 Å². The Balaban J connectivity index is 2.44. The van der Waals surface area contributed by atoms with Crippen molar-refractivity contribution < 1.29 is 0 Å². The van der Waals surface area contributed by atoms with E-state index in [0.717, 1.165) is 10.1 Å². The summed E-state index contributed by atoms with van der Waals surface area (Å²) in [6, 6.07) is 0. The fourth-order valence-corrected chi connectivity index (χ4v) is 2.38. The molecule has 0 unspecified atom stereocenters. The van der Waals surface area contributed by atoms with E-state index in [1.807, 2.05) is 13.8 Å². The quantitative estimate of drug-likeness (QED) is 0.601. The lowest BCUT2D eigenvalue weighted by Gasteiger charge is -2.12. The number of hydrogen-bond donors (Lipinski definition) is 0. The summed E-state index contributed by atoms with van der Waals surface area (Å²) in [5.74, 6) is 0.806. The highest BCUT2D eigenvalue weighted by atomic mass is 35.5. The molecule has 0 saturated heterocycles. The van der Waals surface area contributed by atoms with Gasteiger partial charge in [-0.1, -0.05) is 11.8 Å². The molecule has 0 saturated carbocycles. The molecule has 0 aromatic carbocycles. The molecule has 0 amide bonds. The molecule has 2 nitrogen and oxygen atoms in total. The Labute approximate surface area is 89.8 Å². The van der Waals surface area contributed by atoms with E-state index < -0.39 is 0 Å². The van der Waals surface area contributed by atoms with Crippen LogP contribution in [0, 0.1) is 0 Å². The van der Waals surface area contributed by atoms with Crippen LogP contribution in [0.4, 0.5) is 0 Å². The van der Waals surface area contributed by atoms with Crippen LogP contribution >= 0.6 is 46.5 Å². The molecule has 6 heteroatoms. The maximum absolute atomic E-state index is 5.99. The van der Waals surface area contributed by atoms with Crippen molar-refractivity contribution >= 4 is 46.5 Å². The first-order chi connectivity index (χ1) is 5.47. The predicted octanol–water partition coefficient (Wildman–Crippen LogP) is 3.30. The number of alkyl halides is 1. The molecule has 0 bridgehead atoms. The topological polar surface area (TPSA) is 25.8 Å². The molecule has 0 aliphatic carbocycles. The van der Waals surface area contributed by atoms with E-state index >= 15 is 0 Å². The lowest BCUT2D eigenvalue weighted by Crippen LogP contribution is -2.13. The molecule has 12 heavy (non-hydrogen) atoms. The summed E-state index contributed by atoms with van der Waals surface area (Å²) >= 11 is 14.4. The molecule has 1 heterocycles. The second kappa shape index (κ2) is 4.13. The third-order valence-corrected chi connectivity index (χ3v) is 3.78. The van der Waals surface area contributed by atoms with Crippen molar-refractivity contribution in [3.05, 3.63) is 5.28 Å². The molecule has 1 aromatic rings. The summed E-state index contributed by atoms with van der Waals surface area (Å²) in [6.07, 6.45) is 0. The SMILES string of the molecule is CC(C)(Cl)CSc1nc(Cl)ns1. The number of nitrogens with zero attached hydrogens (tertiary/aromatic N) is 2. The first-order valence-corrected chi connectivity index (χ1v) is 5.80. The van der Waals surface area contributed by atoms with Gasteiger partial charge in [0.15, 0.2) is 4.34 Å². The molecular formula is C6H8Cl2N2S2. The first-order valence-electron chi connectivity index (χ1n) is 3.28. The van der Waals surface area contributed by atoms with E-state index in [1.54, 1.807) is 11.8 Å². The maximum Gasteiger partial charge on any atom is 0.235 e. The number of thioether (sulfide) groups is 1. The van der Waals surface area contributed by atoms with Gasteiger partial charge in [-0.3, -0.25) is 0 Å². The van der Waals surface area contributed by atoms with E-state index in [2.05, 4.69) is 9.36 Å². The molecule has 0 aliphatic heterocycles. The Morgan fingerprint density at radius 3 is 2.67 bits per heavy atom. The third-order valence-electron chi connectivity index (χ3n) is 0.921. The van der Waals surface area contributed by atoms with Gasteiger partial charge in [-0.15, -0.1) is 11.6 Å². The minimum absolute atomic E-state index is 0.206. The number of hydrogen-bond acceptors (Lipinski definition) is 4. The molecule has 0 atom stereocenters. The van der Waals surface area contributed by atoms with Crippen LogP contribution < -0.4 is 0 Å². The fraction of sp³-hybridized carbons (Fsp3) is 0.667. The minimum Gasteiger partial charge on any atom is -0.198 e. The van der Waals surface area contributed by atoms with E-state index in [1.165, 1.54) is 11.5 Å². The molecular weight excluding hydrogens is 235 g/mol. The molecule has 0 fully saturated rings. The molecule has 0 aliphatic rings. The van der Waals surface area contributed by atoms with Crippen molar-refractivity contribution in [2.75, 3.05) is 5.75 Å². The Hall–Kier alpha value is 0.490. The van der Waals surface area contributed by atoms with Gasteiger partial charge in [0.1, 0.15) is 0 Å². The van der Waals surface area contributed by atoms with Crippen LogP contribution in [0.5, 0.6) is 0 Å². The number of rotatable bonds is 3. The highest BCUT2D eigenvalue weighted by Crippen LogP contribution is 2.27. The molecule has 1 aromatic heterocycles. The summed E-state index contributed by atoms with van der Waals surface area (Å²) in [5, 5.41) is 0.315. The van der Waals surface area contributed by atoms with Crippen LogP contribution in [-0.2, 0) is 0 Å². The minimum atomic E-state index is -0.206. The van der Waals surface area contributed by atoms with Gasteiger partial charge in [-0.2, -0.15) is 9.36 Å². The van der Waals surface area contributed by atoms with Crippen molar-refractivity contribution in [1.82, 2.24) is 9.36 Å². The monoisotopic (exact) mass is 242 g/mol. The second-order valence-electron chi connectivity index (χ2n) is 2.84. The van der Waals surface area contributed by atoms with Gasteiger partial charge in [0.2, 0.25) is 5.28 Å². The number of aromatic nitrogens is 2. The zero-order valence-electron chi connectivity index (χ0n) is 6.67. The largest absolute Gasteiger partial charge is 0.235 e. The maximum atomic E-state index is 5.99. The van der Waals surface area contributed by atoms with Crippen LogP contribution in [0.1, 0.15) is 13.8 Å². The van der Waals surface area contributed by atoms with E-state index in [9.17, 15) is 0 Å². The zero-order chi connectivity index (χ0) is 9.19. The third kappa shape index (κ3) is 3.94. The molecule has 0 radical (unpaired) electrons. The summed E-state index contributed by atoms with van der Waals surface area (Å²) in [5.41, 5.74) is 0. The van der Waals surface area contributed by atoms with Gasteiger partial charge < -0.3 is 0 Å². The van der Waals surface area contributed by atoms with Gasteiger partial charge in [-0.05, 0) is 37.0 Å². The van der Waals surface area contributed by atoms with Crippen molar-refractivity contribution in [2.24, 2.45) is 0 Å². The molecule has 0 N–H and O–H groups in total. The highest BCUT2D eigenvalue weighted by Gasteiger charge is 2.14. The Kier molecular flexibility index (Phi) is 3.64. The lowest BCUT2D eigenvalue weighted by molar-refractivity contribution is 0.800. The van der Waals surface area contributed by atoms with Crippen molar-refractivity contribution in [2.45, 2.75) is 23.1 Å². The van der Waals surface area contributed by atoms with Crippen molar-refractivity contribution in [3.63, 3.8) is 0 Å². The van der Waals surface area contributed by atoms with Gasteiger partial charge in [0, 0.05) is 10.6 Å². The van der Waals surface area contributed by atoms with E-state index in [-0.39, 0.29) is 4.87 Å². The summed E-state index contributed by atoms with van der Waals surface area (Å²) in [7, 11) is 0. The average molecular weight is 243 g/mol. The van der Waals surface area contributed by atoms with E-state index in [0.29, 0.717) is 5.28 Å². The van der Waals surface area contributed by atoms with Crippen molar-refractivity contribution in [1.29, 1.82) is 0 Å². The predicted molar refractivity (Wildman–Crippen MR) is 55.6 cm³/mol.